The van der Waals surface area contributed by atoms with Crippen LogP contribution in [-0.4, -0.2) is 24.7 Å². The number of carbonyl (C=O) groups is 1. The minimum Gasteiger partial charge on any atom is -0.489 e. The number of alkyl halides is 1. The molecule has 0 fully saturated rings. The van der Waals surface area contributed by atoms with Gasteiger partial charge in [-0.2, -0.15) is 0 Å². The van der Waals surface area contributed by atoms with E-state index in [0.29, 0.717) is 22.4 Å². The van der Waals surface area contributed by atoms with Crippen molar-refractivity contribution in [2.24, 2.45) is 0 Å². The van der Waals surface area contributed by atoms with Crippen LogP contribution < -0.4 is 10.1 Å². The van der Waals surface area contributed by atoms with Crippen molar-refractivity contribution in [2.45, 2.75) is 5.67 Å². The zero-order chi connectivity index (χ0) is 15.6. The van der Waals surface area contributed by atoms with Crippen molar-refractivity contribution in [1.29, 1.82) is 0 Å². The lowest BCUT2D eigenvalue weighted by Gasteiger charge is -2.33. The quantitative estimate of drug-likeness (QED) is 0.944. The third kappa shape index (κ3) is 2.60. The molecule has 0 aromatic heterocycles. The maximum absolute atomic E-state index is 15.1. The van der Waals surface area contributed by atoms with Crippen LogP contribution in [0.1, 0.15) is 15.9 Å². The van der Waals surface area contributed by atoms with Crippen LogP contribution in [0.5, 0.6) is 5.75 Å². The standard InChI is InChI=1S/C18H16FNO2/c1-13-15-9-5-6-10-16(15)22-12-18(13,19)11-20-17(21)14-7-3-2-4-8-14/h2-10H,1,11-12H2,(H,20,21)/t18-/m0/s1. The molecular weight excluding hydrogens is 281 g/mol. The summed E-state index contributed by atoms with van der Waals surface area (Å²) in [5.41, 5.74) is -0.333. The molecule has 0 spiro atoms. The van der Waals surface area contributed by atoms with Gasteiger partial charge in [0.1, 0.15) is 12.4 Å². The summed E-state index contributed by atoms with van der Waals surface area (Å²) in [5, 5.41) is 2.62. The Hall–Kier alpha value is -2.62. The second kappa shape index (κ2) is 5.64. The fraction of sp³-hybridized carbons (Fsp3) is 0.167. The highest BCUT2D eigenvalue weighted by atomic mass is 19.1. The summed E-state index contributed by atoms with van der Waals surface area (Å²) >= 11 is 0. The van der Waals surface area contributed by atoms with E-state index in [0.717, 1.165) is 0 Å². The SMILES string of the molecule is C=C1c2ccccc2OC[C@@]1(F)CNC(=O)c1ccccc1. The Balaban J connectivity index is 1.73. The number of halogens is 1. The van der Waals surface area contributed by atoms with Crippen LogP contribution in [0.3, 0.4) is 0 Å². The molecule has 22 heavy (non-hydrogen) atoms. The number of amides is 1. The molecule has 0 bridgehead atoms. The van der Waals surface area contributed by atoms with Crippen molar-refractivity contribution >= 4 is 11.5 Å². The highest BCUT2D eigenvalue weighted by Crippen LogP contribution is 2.39. The molecule has 4 heteroatoms. The summed E-state index contributed by atoms with van der Waals surface area (Å²) < 4.78 is 20.5. The molecule has 1 N–H and O–H groups in total. The lowest BCUT2D eigenvalue weighted by molar-refractivity contribution is 0.0881. The van der Waals surface area contributed by atoms with Gasteiger partial charge in [0.2, 0.25) is 0 Å². The van der Waals surface area contributed by atoms with Gasteiger partial charge in [0.15, 0.2) is 5.67 Å². The van der Waals surface area contributed by atoms with Crippen LogP contribution >= 0.6 is 0 Å². The van der Waals surface area contributed by atoms with Gasteiger partial charge in [0.05, 0.1) is 6.54 Å². The van der Waals surface area contributed by atoms with Crippen molar-refractivity contribution in [1.82, 2.24) is 5.32 Å². The first-order chi connectivity index (χ1) is 10.6. The van der Waals surface area contributed by atoms with Gasteiger partial charge in [-0.3, -0.25) is 4.79 Å². The van der Waals surface area contributed by atoms with Crippen molar-refractivity contribution in [3.05, 3.63) is 72.3 Å². The molecule has 3 rings (SSSR count). The van der Waals surface area contributed by atoms with Crippen LogP contribution in [0, 0.1) is 0 Å². The molecule has 1 heterocycles. The summed E-state index contributed by atoms with van der Waals surface area (Å²) in [6.07, 6.45) is 0. The summed E-state index contributed by atoms with van der Waals surface area (Å²) in [6, 6.07) is 15.9. The van der Waals surface area contributed by atoms with Crippen molar-refractivity contribution in [2.75, 3.05) is 13.2 Å². The summed E-state index contributed by atoms with van der Waals surface area (Å²) in [4.78, 5) is 12.0. The van der Waals surface area contributed by atoms with Crippen LogP contribution in [-0.2, 0) is 0 Å². The van der Waals surface area contributed by atoms with E-state index >= 15 is 4.39 Å². The number of benzene rings is 2. The normalized spacial score (nSPS) is 20.0. The Labute approximate surface area is 128 Å². The number of carbonyl (C=O) groups excluding carboxylic acids is 1. The maximum atomic E-state index is 15.1. The molecule has 1 aliphatic rings. The van der Waals surface area contributed by atoms with Crippen LogP contribution in [0.2, 0.25) is 0 Å². The molecule has 1 amide bonds. The Morgan fingerprint density at radius 3 is 2.64 bits per heavy atom. The molecule has 2 aromatic rings. The van der Waals surface area contributed by atoms with Gasteiger partial charge in [-0.15, -0.1) is 0 Å². The number of hydrogen-bond donors (Lipinski definition) is 1. The fourth-order valence-electron chi connectivity index (χ4n) is 2.43. The molecule has 0 saturated carbocycles. The van der Waals surface area contributed by atoms with E-state index < -0.39 is 5.67 Å². The first kappa shape index (κ1) is 14.3. The maximum Gasteiger partial charge on any atom is 0.251 e. The zero-order valence-corrected chi connectivity index (χ0v) is 12.0. The molecule has 1 atom stereocenters. The lowest BCUT2D eigenvalue weighted by Crippen LogP contribution is -2.46. The van der Waals surface area contributed by atoms with Crippen LogP contribution in [0.25, 0.3) is 5.57 Å². The molecule has 112 valence electrons. The van der Waals surface area contributed by atoms with Gasteiger partial charge in [0, 0.05) is 11.1 Å². The molecule has 2 aromatic carbocycles. The van der Waals surface area contributed by atoms with E-state index in [1.54, 1.807) is 36.4 Å². The molecule has 3 nitrogen and oxygen atoms in total. The van der Waals surface area contributed by atoms with Gasteiger partial charge < -0.3 is 10.1 Å². The van der Waals surface area contributed by atoms with Crippen LogP contribution in [0.4, 0.5) is 4.39 Å². The predicted octanol–water partition coefficient (Wildman–Crippen LogP) is 3.23. The van der Waals surface area contributed by atoms with Crippen molar-refractivity contribution in [3.8, 4) is 5.75 Å². The summed E-state index contributed by atoms with van der Waals surface area (Å²) in [7, 11) is 0. The first-order valence-electron chi connectivity index (χ1n) is 7.04. The Kier molecular flexibility index (Phi) is 3.67. The zero-order valence-electron chi connectivity index (χ0n) is 12.0. The average molecular weight is 297 g/mol. The van der Waals surface area contributed by atoms with E-state index in [-0.39, 0.29) is 19.1 Å². The van der Waals surface area contributed by atoms with Gasteiger partial charge in [-0.1, -0.05) is 43.0 Å². The predicted molar refractivity (Wildman–Crippen MR) is 83.6 cm³/mol. The average Bonchev–Trinajstić information content (AvgIpc) is 2.57. The number of ether oxygens (including phenoxy) is 1. The van der Waals surface area contributed by atoms with E-state index in [2.05, 4.69) is 11.9 Å². The highest BCUT2D eigenvalue weighted by Gasteiger charge is 2.40. The van der Waals surface area contributed by atoms with Gasteiger partial charge in [-0.25, -0.2) is 4.39 Å². The number of rotatable bonds is 3. The smallest absolute Gasteiger partial charge is 0.251 e. The third-order valence-corrected chi connectivity index (χ3v) is 3.77. The summed E-state index contributed by atoms with van der Waals surface area (Å²) in [5.74, 6) is 0.305. The second-order valence-electron chi connectivity index (χ2n) is 5.28. The molecule has 0 saturated heterocycles. The van der Waals surface area contributed by atoms with E-state index in [1.807, 2.05) is 18.2 Å². The molecule has 0 aliphatic carbocycles. The minimum atomic E-state index is -1.81. The van der Waals surface area contributed by atoms with E-state index in [9.17, 15) is 4.79 Å². The monoisotopic (exact) mass is 297 g/mol. The number of fused-ring (bicyclic) bond motifs is 1. The first-order valence-corrected chi connectivity index (χ1v) is 7.04. The molecule has 1 aliphatic heterocycles. The number of nitrogens with one attached hydrogen (secondary N) is 1. The van der Waals surface area contributed by atoms with Gasteiger partial charge in [-0.05, 0) is 23.8 Å². The Morgan fingerprint density at radius 1 is 1.18 bits per heavy atom. The minimum absolute atomic E-state index is 0.155. The summed E-state index contributed by atoms with van der Waals surface area (Å²) in [6.45, 7) is 3.53. The molecule has 0 unspecified atom stereocenters. The van der Waals surface area contributed by atoms with E-state index in [4.69, 9.17) is 4.74 Å². The largest absolute Gasteiger partial charge is 0.489 e. The lowest BCUT2D eigenvalue weighted by atomic mass is 9.88. The number of hydrogen-bond acceptors (Lipinski definition) is 2. The van der Waals surface area contributed by atoms with Crippen LogP contribution in [0.15, 0.2) is 61.2 Å². The molecule has 0 radical (unpaired) electrons. The van der Waals surface area contributed by atoms with E-state index in [1.165, 1.54) is 0 Å². The van der Waals surface area contributed by atoms with Gasteiger partial charge >= 0.3 is 0 Å². The molecular formula is C18H16FNO2. The van der Waals surface area contributed by atoms with Crippen molar-refractivity contribution < 1.29 is 13.9 Å². The highest BCUT2D eigenvalue weighted by molar-refractivity contribution is 5.94. The van der Waals surface area contributed by atoms with Gasteiger partial charge in [0.25, 0.3) is 5.91 Å². The Morgan fingerprint density at radius 2 is 1.86 bits per heavy atom. The topological polar surface area (TPSA) is 38.3 Å². The fourth-order valence-corrected chi connectivity index (χ4v) is 2.43. The third-order valence-electron chi connectivity index (χ3n) is 3.77. The Bertz CT molecular complexity index is 714. The van der Waals surface area contributed by atoms with Crippen molar-refractivity contribution in [3.63, 3.8) is 0 Å². The second-order valence-corrected chi connectivity index (χ2v) is 5.28. The number of para-hydroxylation sites is 1.